The Morgan fingerprint density at radius 3 is 2.68 bits per heavy atom. The molecule has 0 unspecified atom stereocenters. The van der Waals surface area contributed by atoms with Crippen LogP contribution in [-0.2, 0) is 9.53 Å². The van der Waals surface area contributed by atoms with Crippen LogP contribution in [0, 0.1) is 0 Å². The molecule has 6 heteroatoms. The number of ether oxygens (including phenoxy) is 2. The molecule has 1 amide bonds. The van der Waals surface area contributed by atoms with Gasteiger partial charge in [-0.05, 0) is 32.0 Å². The van der Waals surface area contributed by atoms with Gasteiger partial charge < -0.3 is 20.1 Å². The first-order chi connectivity index (χ1) is 10.5. The fraction of sp³-hybridized carbons (Fsp3) is 0.562. The fourth-order valence-electron chi connectivity index (χ4n) is 2.87. The standard InChI is InChI=1S/C16H23N3O3/c1-16(2)15(20)19(6-5-18-7-9-21-10-8-18)13-11-12(17)3-4-14(13)22-16/h3-4,11H,5-10,17H2,1-2H3. The quantitative estimate of drug-likeness (QED) is 0.847. The van der Waals surface area contributed by atoms with Gasteiger partial charge in [-0.3, -0.25) is 9.69 Å². The van der Waals surface area contributed by atoms with Crippen LogP contribution in [0.5, 0.6) is 5.75 Å². The summed E-state index contributed by atoms with van der Waals surface area (Å²) in [5.74, 6) is 0.680. The Bertz CT molecular complexity index is 568. The number of benzene rings is 1. The molecule has 2 aliphatic heterocycles. The van der Waals surface area contributed by atoms with E-state index in [2.05, 4.69) is 4.90 Å². The number of nitrogen functional groups attached to an aromatic ring is 1. The van der Waals surface area contributed by atoms with E-state index in [1.54, 1.807) is 24.8 Å². The highest BCUT2D eigenvalue weighted by atomic mass is 16.5. The van der Waals surface area contributed by atoms with Crippen molar-refractivity contribution >= 4 is 17.3 Å². The predicted molar refractivity (Wildman–Crippen MR) is 85.2 cm³/mol. The monoisotopic (exact) mass is 305 g/mol. The maximum Gasteiger partial charge on any atom is 0.270 e. The number of rotatable bonds is 3. The average Bonchev–Trinajstić information content (AvgIpc) is 2.49. The second-order valence-corrected chi connectivity index (χ2v) is 6.25. The van der Waals surface area contributed by atoms with Gasteiger partial charge >= 0.3 is 0 Å². The zero-order valence-electron chi connectivity index (χ0n) is 13.2. The molecular formula is C16H23N3O3. The number of amides is 1. The first-order valence-corrected chi connectivity index (χ1v) is 7.68. The van der Waals surface area contributed by atoms with E-state index in [0.29, 0.717) is 18.0 Å². The van der Waals surface area contributed by atoms with Gasteiger partial charge in [0.05, 0.1) is 18.9 Å². The van der Waals surface area contributed by atoms with Crippen LogP contribution in [0.25, 0.3) is 0 Å². The molecule has 3 rings (SSSR count). The van der Waals surface area contributed by atoms with Gasteiger partial charge in [-0.2, -0.15) is 0 Å². The minimum absolute atomic E-state index is 0.0288. The predicted octanol–water partition coefficient (Wildman–Crippen LogP) is 1.10. The molecule has 6 nitrogen and oxygen atoms in total. The number of hydrogen-bond acceptors (Lipinski definition) is 5. The highest BCUT2D eigenvalue weighted by Crippen LogP contribution is 2.38. The molecule has 0 aromatic heterocycles. The van der Waals surface area contributed by atoms with Crippen molar-refractivity contribution in [3.8, 4) is 5.75 Å². The lowest BCUT2D eigenvalue weighted by atomic mass is 10.0. The van der Waals surface area contributed by atoms with Crippen LogP contribution in [-0.4, -0.2) is 55.8 Å². The SMILES string of the molecule is CC1(C)Oc2ccc(N)cc2N(CCN2CCOCC2)C1=O. The van der Waals surface area contributed by atoms with Crippen molar-refractivity contribution in [2.75, 3.05) is 50.0 Å². The Morgan fingerprint density at radius 1 is 1.23 bits per heavy atom. The highest BCUT2D eigenvalue weighted by molar-refractivity contribution is 6.02. The Balaban J connectivity index is 1.81. The molecule has 1 aromatic carbocycles. The molecule has 0 saturated carbocycles. The molecule has 22 heavy (non-hydrogen) atoms. The summed E-state index contributed by atoms with van der Waals surface area (Å²) in [5, 5.41) is 0. The van der Waals surface area contributed by atoms with Gasteiger partial charge in [0.2, 0.25) is 0 Å². The molecule has 0 aliphatic carbocycles. The second-order valence-electron chi connectivity index (χ2n) is 6.25. The first-order valence-electron chi connectivity index (χ1n) is 7.68. The second kappa shape index (κ2) is 5.78. The van der Waals surface area contributed by atoms with Crippen molar-refractivity contribution in [3.63, 3.8) is 0 Å². The Hall–Kier alpha value is -1.79. The van der Waals surface area contributed by atoms with Crippen molar-refractivity contribution in [1.29, 1.82) is 0 Å². The van der Waals surface area contributed by atoms with Gasteiger partial charge in [-0.1, -0.05) is 0 Å². The van der Waals surface area contributed by atoms with Crippen LogP contribution in [0.15, 0.2) is 18.2 Å². The van der Waals surface area contributed by atoms with Gasteiger partial charge in [-0.15, -0.1) is 0 Å². The zero-order chi connectivity index (χ0) is 15.7. The Kier molecular flexibility index (Phi) is 3.97. The third-order valence-corrected chi connectivity index (χ3v) is 4.14. The topological polar surface area (TPSA) is 68.0 Å². The number of hydrogen-bond donors (Lipinski definition) is 1. The zero-order valence-corrected chi connectivity index (χ0v) is 13.2. The number of nitrogens with zero attached hydrogens (tertiary/aromatic N) is 2. The normalized spacial score (nSPS) is 21.4. The lowest BCUT2D eigenvalue weighted by Gasteiger charge is -2.40. The van der Waals surface area contributed by atoms with Crippen molar-refractivity contribution in [1.82, 2.24) is 4.90 Å². The van der Waals surface area contributed by atoms with Crippen molar-refractivity contribution < 1.29 is 14.3 Å². The van der Waals surface area contributed by atoms with Crippen LogP contribution in [0.2, 0.25) is 0 Å². The Morgan fingerprint density at radius 2 is 1.95 bits per heavy atom. The summed E-state index contributed by atoms with van der Waals surface area (Å²) < 4.78 is 11.2. The van der Waals surface area contributed by atoms with E-state index in [1.807, 2.05) is 12.1 Å². The third-order valence-electron chi connectivity index (χ3n) is 4.14. The number of fused-ring (bicyclic) bond motifs is 1. The van der Waals surface area contributed by atoms with Gasteiger partial charge in [0, 0.05) is 31.9 Å². The highest BCUT2D eigenvalue weighted by Gasteiger charge is 2.40. The van der Waals surface area contributed by atoms with Crippen LogP contribution < -0.4 is 15.4 Å². The molecule has 1 saturated heterocycles. The molecule has 0 spiro atoms. The molecule has 1 aromatic rings. The maximum atomic E-state index is 12.7. The number of carbonyl (C=O) groups excluding carboxylic acids is 1. The van der Waals surface area contributed by atoms with E-state index in [9.17, 15) is 4.79 Å². The van der Waals surface area contributed by atoms with Gasteiger partial charge in [0.25, 0.3) is 5.91 Å². The maximum absolute atomic E-state index is 12.7. The molecule has 2 N–H and O–H groups in total. The number of anilines is 2. The lowest BCUT2D eigenvalue weighted by Crippen LogP contribution is -2.54. The van der Waals surface area contributed by atoms with Crippen molar-refractivity contribution in [3.05, 3.63) is 18.2 Å². The summed E-state index contributed by atoms with van der Waals surface area (Å²) in [4.78, 5) is 16.8. The largest absolute Gasteiger partial charge is 0.476 e. The molecule has 2 aliphatic rings. The van der Waals surface area contributed by atoms with Crippen LogP contribution in [0.1, 0.15) is 13.8 Å². The van der Waals surface area contributed by atoms with Gasteiger partial charge in [0.15, 0.2) is 5.60 Å². The van der Waals surface area contributed by atoms with E-state index in [0.717, 1.165) is 38.5 Å². The summed E-state index contributed by atoms with van der Waals surface area (Å²) in [7, 11) is 0. The third kappa shape index (κ3) is 2.89. The van der Waals surface area contributed by atoms with Crippen molar-refractivity contribution in [2.45, 2.75) is 19.4 Å². The molecule has 2 heterocycles. The number of morpholine rings is 1. The molecule has 1 fully saturated rings. The van der Waals surface area contributed by atoms with Gasteiger partial charge in [-0.25, -0.2) is 0 Å². The molecule has 0 atom stereocenters. The van der Waals surface area contributed by atoms with E-state index in [4.69, 9.17) is 15.2 Å². The van der Waals surface area contributed by atoms with Gasteiger partial charge in [0.1, 0.15) is 5.75 Å². The molecule has 0 bridgehead atoms. The lowest BCUT2D eigenvalue weighted by molar-refractivity contribution is -0.132. The Labute approximate surface area is 130 Å². The van der Waals surface area contributed by atoms with E-state index in [1.165, 1.54) is 0 Å². The smallest absolute Gasteiger partial charge is 0.270 e. The first kappa shape index (κ1) is 15.1. The fourth-order valence-corrected chi connectivity index (χ4v) is 2.87. The van der Waals surface area contributed by atoms with Crippen LogP contribution >= 0.6 is 0 Å². The summed E-state index contributed by atoms with van der Waals surface area (Å²) >= 11 is 0. The van der Waals surface area contributed by atoms with E-state index >= 15 is 0 Å². The van der Waals surface area contributed by atoms with Crippen LogP contribution in [0.4, 0.5) is 11.4 Å². The van der Waals surface area contributed by atoms with Crippen molar-refractivity contribution in [2.24, 2.45) is 0 Å². The minimum atomic E-state index is -0.853. The number of nitrogens with two attached hydrogens (primary N) is 1. The summed E-state index contributed by atoms with van der Waals surface area (Å²) in [6, 6.07) is 5.44. The summed E-state index contributed by atoms with van der Waals surface area (Å²) in [6.07, 6.45) is 0. The molecule has 0 radical (unpaired) electrons. The van der Waals surface area contributed by atoms with E-state index < -0.39 is 5.60 Å². The molecule has 120 valence electrons. The summed E-state index contributed by atoms with van der Waals surface area (Å²) in [5.41, 5.74) is 6.41. The van der Waals surface area contributed by atoms with Crippen LogP contribution in [0.3, 0.4) is 0 Å². The number of carbonyl (C=O) groups is 1. The minimum Gasteiger partial charge on any atom is -0.476 e. The summed E-state index contributed by atoms with van der Waals surface area (Å²) in [6.45, 7) is 8.38. The van der Waals surface area contributed by atoms with E-state index in [-0.39, 0.29) is 5.91 Å². The molecular weight excluding hydrogens is 282 g/mol. The average molecular weight is 305 g/mol.